The van der Waals surface area contributed by atoms with Gasteiger partial charge in [-0.1, -0.05) is 68.2 Å². The highest BCUT2D eigenvalue weighted by Gasteiger charge is 2.29. The number of imidazole rings is 1. The molecule has 1 aromatic carbocycles. The molecule has 0 saturated carbocycles. The van der Waals surface area contributed by atoms with Gasteiger partial charge in [0.1, 0.15) is 11.4 Å². The van der Waals surface area contributed by atoms with Crippen molar-refractivity contribution in [3.63, 3.8) is 0 Å². The summed E-state index contributed by atoms with van der Waals surface area (Å²) in [6, 6.07) is 3.62. The Balaban J connectivity index is 2.07. The Morgan fingerprint density at radius 1 is 1.02 bits per heavy atom. The molecule has 1 fully saturated rings. The molecular formula is C31H47BrN4O4. The Kier molecular flexibility index (Phi) is 10.5. The van der Waals surface area contributed by atoms with Crippen molar-refractivity contribution >= 4 is 27.8 Å². The number of ether oxygens (including phenoxy) is 1. The van der Waals surface area contributed by atoms with Crippen molar-refractivity contribution in [2.75, 3.05) is 26.3 Å². The van der Waals surface area contributed by atoms with Crippen molar-refractivity contribution in [2.24, 2.45) is 9.94 Å². The Morgan fingerprint density at radius 3 is 2.05 bits per heavy atom. The first kappa shape index (κ1) is 32.1. The molecule has 222 valence electrons. The van der Waals surface area contributed by atoms with E-state index in [2.05, 4.69) is 34.0 Å². The lowest BCUT2D eigenvalue weighted by molar-refractivity contribution is 0.0295. The molecule has 0 unspecified atom stereocenters. The van der Waals surface area contributed by atoms with Crippen LogP contribution in [0.15, 0.2) is 22.3 Å². The second-order valence-corrected chi connectivity index (χ2v) is 13.3. The lowest BCUT2D eigenvalue weighted by atomic mass is 9.78. The molecule has 0 spiro atoms. The molecule has 1 aromatic heterocycles. The number of Topliss-reactive ketones (excluding diaryl/α,β-unsaturated/α-hetero) is 1. The van der Waals surface area contributed by atoms with Crippen molar-refractivity contribution in [2.45, 2.75) is 98.6 Å². The summed E-state index contributed by atoms with van der Waals surface area (Å²) in [6.07, 6.45) is 4.81. The Bertz CT molecular complexity index is 1230. The van der Waals surface area contributed by atoms with Crippen molar-refractivity contribution in [3.8, 4) is 5.75 Å². The van der Waals surface area contributed by atoms with Crippen molar-refractivity contribution < 1.29 is 19.4 Å². The zero-order chi connectivity index (χ0) is 29.8. The number of ketones is 1. The van der Waals surface area contributed by atoms with Gasteiger partial charge in [-0.15, -0.1) is 0 Å². The second-order valence-electron chi connectivity index (χ2n) is 12.9. The number of halogens is 1. The molecule has 2 heterocycles. The van der Waals surface area contributed by atoms with Crippen molar-refractivity contribution in [1.29, 1.82) is 0 Å². The van der Waals surface area contributed by atoms with Gasteiger partial charge in [-0.2, -0.15) is 4.02 Å². The molecule has 40 heavy (non-hydrogen) atoms. The van der Waals surface area contributed by atoms with E-state index in [1.54, 1.807) is 10.8 Å². The van der Waals surface area contributed by atoms with Gasteiger partial charge in [-0.3, -0.25) is 9.59 Å². The average Bonchev–Trinajstić information content (AvgIpc) is 3.24. The molecule has 1 N–H and O–H groups in total. The van der Waals surface area contributed by atoms with E-state index in [-0.39, 0.29) is 34.8 Å². The number of aromatic nitrogens is 2. The SMILES string of the molecule is CCC(CC)CCn1c(C(=O)N2CCOCC2)cn(CC(=O)c2cc(C(C)(C)C)c(O)c(C(C)(C)C)c2)c1=NBr. The maximum Gasteiger partial charge on any atom is 0.272 e. The molecule has 1 aliphatic rings. The van der Waals surface area contributed by atoms with Crippen LogP contribution in [0.3, 0.4) is 0 Å². The van der Waals surface area contributed by atoms with Crippen LogP contribution in [-0.2, 0) is 28.7 Å². The Hall–Kier alpha value is -2.39. The Morgan fingerprint density at radius 2 is 1.57 bits per heavy atom. The fourth-order valence-electron chi connectivity index (χ4n) is 5.26. The standard InChI is InChI=1S/C31H47BrN4O4/c1-9-21(10-2)11-12-36-25(28(39)34-13-15-40-16-14-34)19-35(29(36)33-32)20-26(37)22-17-23(30(3,4)5)27(38)24(18-22)31(6,7)8/h17-19,21,38H,9-16,20H2,1-8H3. The van der Waals surface area contributed by atoms with Crippen LogP contribution in [0.2, 0.25) is 0 Å². The number of phenolic OH excluding ortho intramolecular Hbond substituents is 1. The molecule has 0 atom stereocenters. The molecule has 9 heteroatoms. The first-order valence-corrected chi connectivity index (χ1v) is 15.2. The van der Waals surface area contributed by atoms with Gasteiger partial charge in [0.2, 0.25) is 5.62 Å². The average molecular weight is 620 g/mol. The van der Waals surface area contributed by atoms with E-state index in [1.807, 2.05) is 63.1 Å². The third kappa shape index (κ3) is 7.27. The maximum absolute atomic E-state index is 13.8. The van der Waals surface area contributed by atoms with Crippen LogP contribution < -0.4 is 5.62 Å². The number of nitrogens with zero attached hydrogens (tertiary/aromatic N) is 4. The number of phenols is 1. The summed E-state index contributed by atoms with van der Waals surface area (Å²) >= 11 is 3.28. The largest absolute Gasteiger partial charge is 0.507 e. The molecule has 0 aliphatic carbocycles. The van der Waals surface area contributed by atoms with E-state index in [4.69, 9.17) is 4.74 Å². The predicted molar refractivity (Wildman–Crippen MR) is 162 cm³/mol. The number of morpholine rings is 1. The normalized spacial score (nSPS) is 15.2. The van der Waals surface area contributed by atoms with Gasteiger partial charge in [0.15, 0.2) is 5.78 Å². The number of benzene rings is 1. The molecular weight excluding hydrogens is 572 g/mol. The molecule has 2 aromatic rings. The third-order valence-corrected chi connectivity index (χ3v) is 8.25. The highest BCUT2D eigenvalue weighted by Crippen LogP contribution is 2.40. The molecule has 1 aliphatic heterocycles. The van der Waals surface area contributed by atoms with Crippen molar-refractivity contribution in [3.05, 3.63) is 46.3 Å². The summed E-state index contributed by atoms with van der Waals surface area (Å²) < 4.78 is 13.5. The fourth-order valence-corrected chi connectivity index (χ4v) is 5.66. The number of carbonyl (C=O) groups excluding carboxylic acids is 2. The van der Waals surface area contributed by atoms with Crippen LogP contribution in [0.4, 0.5) is 0 Å². The van der Waals surface area contributed by atoms with E-state index in [1.165, 1.54) is 0 Å². The van der Waals surface area contributed by atoms with Gasteiger partial charge in [0.25, 0.3) is 5.91 Å². The van der Waals surface area contributed by atoms with Crippen LogP contribution in [0.25, 0.3) is 0 Å². The van der Waals surface area contributed by atoms with E-state index in [0.29, 0.717) is 55.6 Å². The number of aromatic hydroxyl groups is 1. The van der Waals surface area contributed by atoms with Gasteiger partial charge in [0, 0.05) is 42.5 Å². The van der Waals surface area contributed by atoms with Gasteiger partial charge in [-0.05, 0) is 35.3 Å². The highest BCUT2D eigenvalue weighted by molar-refractivity contribution is 9.08. The van der Waals surface area contributed by atoms with Gasteiger partial charge in [-0.25, -0.2) is 0 Å². The number of hydrogen-bond acceptors (Lipinski definition) is 5. The molecule has 1 amide bonds. The summed E-state index contributed by atoms with van der Waals surface area (Å²) in [5, 5.41) is 11.1. The van der Waals surface area contributed by atoms with E-state index in [0.717, 1.165) is 30.4 Å². The minimum atomic E-state index is -0.347. The van der Waals surface area contributed by atoms with E-state index < -0.39 is 0 Å². The summed E-state index contributed by atoms with van der Waals surface area (Å²) in [6.45, 7) is 19.3. The van der Waals surface area contributed by atoms with Crippen LogP contribution in [0.1, 0.15) is 107 Å². The van der Waals surface area contributed by atoms with Gasteiger partial charge < -0.3 is 23.9 Å². The Labute approximate surface area is 247 Å². The topological polar surface area (TPSA) is 89.1 Å². The minimum absolute atomic E-state index is 0.0176. The zero-order valence-electron chi connectivity index (χ0n) is 25.5. The number of hydrogen-bond donors (Lipinski definition) is 1. The quantitative estimate of drug-likeness (QED) is 0.350. The van der Waals surface area contributed by atoms with Crippen LogP contribution in [-0.4, -0.2) is 57.1 Å². The molecule has 8 nitrogen and oxygen atoms in total. The first-order chi connectivity index (χ1) is 18.7. The second kappa shape index (κ2) is 13.1. The fraction of sp³-hybridized carbons (Fsp3) is 0.645. The summed E-state index contributed by atoms with van der Waals surface area (Å²) in [7, 11) is 0. The molecule has 3 rings (SSSR count). The molecule has 0 bridgehead atoms. The monoisotopic (exact) mass is 618 g/mol. The number of amides is 1. The molecule has 0 radical (unpaired) electrons. The minimum Gasteiger partial charge on any atom is -0.507 e. The smallest absolute Gasteiger partial charge is 0.272 e. The lowest BCUT2D eigenvalue weighted by Gasteiger charge is -2.28. The van der Waals surface area contributed by atoms with Gasteiger partial charge in [0.05, 0.1) is 35.9 Å². The summed E-state index contributed by atoms with van der Waals surface area (Å²) in [5.74, 6) is 0.592. The number of carbonyl (C=O) groups is 2. The van der Waals surface area contributed by atoms with Crippen molar-refractivity contribution in [1.82, 2.24) is 14.0 Å². The van der Waals surface area contributed by atoms with Crippen LogP contribution in [0.5, 0.6) is 5.75 Å². The van der Waals surface area contributed by atoms with Gasteiger partial charge >= 0.3 is 0 Å². The summed E-state index contributed by atoms with van der Waals surface area (Å²) in [5.41, 5.74) is 2.37. The zero-order valence-corrected chi connectivity index (χ0v) is 27.1. The van der Waals surface area contributed by atoms with E-state index >= 15 is 0 Å². The maximum atomic E-state index is 13.8. The lowest BCUT2D eigenvalue weighted by Crippen LogP contribution is -2.42. The summed E-state index contributed by atoms with van der Waals surface area (Å²) in [4.78, 5) is 29.3. The predicted octanol–water partition coefficient (Wildman–Crippen LogP) is 5.98. The van der Waals surface area contributed by atoms with Crippen LogP contribution in [0, 0.1) is 5.92 Å². The first-order valence-electron chi connectivity index (χ1n) is 14.5. The number of rotatable bonds is 9. The third-order valence-electron chi connectivity index (χ3n) is 7.94. The highest BCUT2D eigenvalue weighted by atomic mass is 79.9. The molecule has 1 saturated heterocycles. The van der Waals surface area contributed by atoms with E-state index in [9.17, 15) is 14.7 Å². The van der Waals surface area contributed by atoms with Crippen LogP contribution >= 0.6 is 16.1 Å².